The van der Waals surface area contributed by atoms with Crippen molar-refractivity contribution in [3.8, 4) is 0 Å². The zero-order chi connectivity index (χ0) is 24.8. The fourth-order valence-corrected chi connectivity index (χ4v) is 7.52. The minimum Gasteiger partial charge on any atom is -0.348 e. The van der Waals surface area contributed by atoms with E-state index in [1.54, 1.807) is 4.90 Å². The van der Waals surface area contributed by atoms with E-state index in [0.717, 1.165) is 11.1 Å². The van der Waals surface area contributed by atoms with Gasteiger partial charge < -0.3 is 20.1 Å². The Morgan fingerprint density at radius 3 is 2.51 bits per heavy atom. The summed E-state index contributed by atoms with van der Waals surface area (Å²) >= 11 is 0. The van der Waals surface area contributed by atoms with E-state index in [4.69, 9.17) is 0 Å². The first kappa shape index (κ1) is 23.7. The van der Waals surface area contributed by atoms with Crippen molar-refractivity contribution in [1.82, 2.24) is 20.1 Å². The lowest BCUT2D eigenvalue weighted by molar-refractivity contribution is 0.0694. The number of nitrogens with one attached hydrogen (secondary N) is 2. The van der Waals surface area contributed by atoms with Crippen molar-refractivity contribution < 1.29 is 18.0 Å². The van der Waals surface area contributed by atoms with Crippen LogP contribution in [0.1, 0.15) is 51.2 Å². The van der Waals surface area contributed by atoms with Gasteiger partial charge in [0.25, 0.3) is 17.4 Å². The van der Waals surface area contributed by atoms with Crippen molar-refractivity contribution in [2.75, 3.05) is 26.2 Å². The SMILES string of the molecule is Cc1ccc(CNC(=O)c2ccc3n(c2=O)CCN(CC2(S(=O)(=O)C4CCNC4)CC2)C3=O)cc1. The molecule has 1 aromatic carbocycles. The molecule has 186 valence electrons. The smallest absolute Gasteiger partial charge is 0.270 e. The summed E-state index contributed by atoms with van der Waals surface area (Å²) in [6, 6.07) is 10.6. The van der Waals surface area contributed by atoms with E-state index in [1.807, 2.05) is 31.2 Å². The number of rotatable bonds is 7. The van der Waals surface area contributed by atoms with Gasteiger partial charge in [0.15, 0.2) is 9.84 Å². The van der Waals surface area contributed by atoms with Gasteiger partial charge in [-0.15, -0.1) is 0 Å². The highest BCUT2D eigenvalue weighted by Crippen LogP contribution is 2.47. The molecular formula is C25H30N4O5S. The average molecular weight is 499 g/mol. The Bertz CT molecular complexity index is 1320. The van der Waals surface area contributed by atoms with Gasteiger partial charge in [-0.2, -0.15) is 0 Å². The van der Waals surface area contributed by atoms with Gasteiger partial charge in [-0.05, 0) is 50.4 Å². The summed E-state index contributed by atoms with van der Waals surface area (Å²) in [6.45, 7) is 4.04. The van der Waals surface area contributed by atoms with Crippen LogP contribution in [0, 0.1) is 6.92 Å². The molecule has 2 amide bonds. The van der Waals surface area contributed by atoms with Crippen LogP contribution in [0.5, 0.6) is 0 Å². The maximum Gasteiger partial charge on any atom is 0.270 e. The molecule has 1 saturated carbocycles. The molecule has 1 atom stereocenters. The molecular weight excluding hydrogens is 468 g/mol. The lowest BCUT2D eigenvalue weighted by atomic mass is 10.1. The number of fused-ring (bicyclic) bond motifs is 1. The molecule has 2 N–H and O–H groups in total. The van der Waals surface area contributed by atoms with Crippen LogP contribution in [0.3, 0.4) is 0 Å². The molecule has 35 heavy (non-hydrogen) atoms. The number of carbonyl (C=O) groups is 2. The topological polar surface area (TPSA) is 118 Å². The van der Waals surface area contributed by atoms with Gasteiger partial charge in [0.1, 0.15) is 11.3 Å². The van der Waals surface area contributed by atoms with E-state index in [0.29, 0.717) is 38.9 Å². The molecule has 2 aromatic rings. The number of aromatic nitrogens is 1. The Balaban J connectivity index is 1.30. The van der Waals surface area contributed by atoms with Crippen molar-refractivity contribution in [3.63, 3.8) is 0 Å². The minimum absolute atomic E-state index is 0.0166. The third-order valence-corrected chi connectivity index (χ3v) is 10.5. The van der Waals surface area contributed by atoms with Crippen molar-refractivity contribution in [1.29, 1.82) is 0 Å². The average Bonchev–Trinajstić information content (AvgIpc) is 3.42. The van der Waals surface area contributed by atoms with Crippen LogP contribution < -0.4 is 16.2 Å². The number of benzene rings is 1. The summed E-state index contributed by atoms with van der Waals surface area (Å²) in [5, 5.41) is 5.48. The molecule has 9 nitrogen and oxygen atoms in total. The summed E-state index contributed by atoms with van der Waals surface area (Å²) in [5.41, 5.74) is 1.70. The van der Waals surface area contributed by atoms with Gasteiger partial charge >= 0.3 is 0 Å². The highest BCUT2D eigenvalue weighted by Gasteiger charge is 2.58. The Hall–Kier alpha value is -2.98. The van der Waals surface area contributed by atoms with Crippen LogP contribution in [0.25, 0.3) is 0 Å². The molecule has 0 spiro atoms. The van der Waals surface area contributed by atoms with Gasteiger partial charge in [0.2, 0.25) is 0 Å². The number of nitrogens with zero attached hydrogens (tertiary/aromatic N) is 2. The van der Waals surface area contributed by atoms with E-state index in [-0.39, 0.29) is 36.8 Å². The van der Waals surface area contributed by atoms with Crippen molar-refractivity contribution in [2.24, 2.45) is 0 Å². The lowest BCUT2D eigenvalue weighted by Gasteiger charge is -2.33. The Morgan fingerprint density at radius 1 is 1.11 bits per heavy atom. The fourth-order valence-electron chi connectivity index (χ4n) is 5.04. The normalized spacial score (nSPS) is 21.0. The maximum atomic E-state index is 13.2. The predicted molar refractivity (Wildman–Crippen MR) is 131 cm³/mol. The number of hydrogen-bond donors (Lipinski definition) is 2. The number of amides is 2. The summed E-state index contributed by atoms with van der Waals surface area (Å²) in [4.78, 5) is 40.5. The molecule has 1 saturated heterocycles. The molecule has 1 unspecified atom stereocenters. The number of sulfone groups is 1. The van der Waals surface area contributed by atoms with Crippen LogP contribution in [0.4, 0.5) is 0 Å². The second-order valence-electron chi connectivity index (χ2n) is 9.83. The Kier molecular flexibility index (Phi) is 6.04. The highest BCUT2D eigenvalue weighted by molar-refractivity contribution is 7.93. The second kappa shape index (κ2) is 8.91. The van der Waals surface area contributed by atoms with Gasteiger partial charge in [-0.3, -0.25) is 14.4 Å². The number of aryl methyl sites for hydroxylation is 1. The molecule has 2 fully saturated rings. The van der Waals surface area contributed by atoms with E-state index in [2.05, 4.69) is 10.6 Å². The molecule has 0 radical (unpaired) electrons. The van der Waals surface area contributed by atoms with Crippen LogP contribution in [0.15, 0.2) is 41.2 Å². The molecule has 2 aliphatic heterocycles. The monoisotopic (exact) mass is 498 g/mol. The molecule has 1 aliphatic carbocycles. The number of pyridine rings is 1. The quantitative estimate of drug-likeness (QED) is 0.585. The van der Waals surface area contributed by atoms with Gasteiger partial charge in [0.05, 0.1) is 10.00 Å². The van der Waals surface area contributed by atoms with Gasteiger partial charge in [0, 0.05) is 32.7 Å². The molecule has 5 rings (SSSR count). The van der Waals surface area contributed by atoms with Gasteiger partial charge in [-0.1, -0.05) is 29.8 Å². The predicted octanol–water partition coefficient (Wildman–Crippen LogP) is 0.852. The first-order valence-electron chi connectivity index (χ1n) is 12.0. The first-order chi connectivity index (χ1) is 16.7. The number of carbonyl (C=O) groups excluding carboxylic acids is 2. The Labute approximate surface area is 204 Å². The molecule has 3 aliphatic rings. The van der Waals surface area contributed by atoms with E-state index < -0.39 is 31.3 Å². The first-order valence-corrected chi connectivity index (χ1v) is 13.6. The van der Waals surface area contributed by atoms with E-state index in [9.17, 15) is 22.8 Å². The lowest BCUT2D eigenvalue weighted by Crippen LogP contribution is -2.51. The Morgan fingerprint density at radius 2 is 1.86 bits per heavy atom. The largest absolute Gasteiger partial charge is 0.348 e. The highest BCUT2D eigenvalue weighted by atomic mass is 32.2. The summed E-state index contributed by atoms with van der Waals surface area (Å²) in [5.74, 6) is -0.861. The van der Waals surface area contributed by atoms with Gasteiger partial charge in [-0.25, -0.2) is 8.42 Å². The van der Waals surface area contributed by atoms with Crippen molar-refractivity contribution in [3.05, 3.63) is 69.1 Å². The van der Waals surface area contributed by atoms with Crippen LogP contribution in [0.2, 0.25) is 0 Å². The standard InChI is InChI=1S/C25H30N4O5S/c1-17-2-4-18(5-3-17)14-27-22(30)20-6-7-21-24(32)28(12-13-29(21)23(20)31)16-25(9-10-25)35(33,34)19-8-11-26-15-19/h2-7,19,26H,8-16H2,1H3,(H,27,30). The molecule has 3 heterocycles. The second-order valence-corrected chi connectivity index (χ2v) is 12.4. The fraction of sp³-hybridized carbons (Fsp3) is 0.480. The number of hydrogen-bond acceptors (Lipinski definition) is 6. The zero-order valence-corrected chi connectivity index (χ0v) is 20.6. The third kappa shape index (κ3) is 4.29. The maximum absolute atomic E-state index is 13.2. The van der Waals surface area contributed by atoms with Crippen LogP contribution in [-0.2, 0) is 22.9 Å². The van der Waals surface area contributed by atoms with Crippen LogP contribution >= 0.6 is 0 Å². The summed E-state index contributed by atoms with van der Waals surface area (Å²) in [7, 11) is -3.36. The third-order valence-electron chi connectivity index (χ3n) is 7.44. The molecule has 1 aromatic heterocycles. The zero-order valence-electron chi connectivity index (χ0n) is 19.7. The van der Waals surface area contributed by atoms with E-state index >= 15 is 0 Å². The van der Waals surface area contributed by atoms with Crippen molar-refractivity contribution >= 4 is 21.7 Å². The van der Waals surface area contributed by atoms with Crippen LogP contribution in [-0.4, -0.2) is 65.9 Å². The minimum atomic E-state index is -3.36. The van der Waals surface area contributed by atoms with Crippen molar-refractivity contribution in [2.45, 2.75) is 49.3 Å². The molecule has 10 heteroatoms. The summed E-state index contributed by atoms with van der Waals surface area (Å²) < 4.78 is 26.9. The summed E-state index contributed by atoms with van der Waals surface area (Å²) in [6.07, 6.45) is 1.72. The van der Waals surface area contributed by atoms with E-state index in [1.165, 1.54) is 16.7 Å². The molecule has 0 bridgehead atoms.